The van der Waals surface area contributed by atoms with Crippen LogP contribution in [0.15, 0.2) is 53.4 Å². The van der Waals surface area contributed by atoms with E-state index in [1.807, 2.05) is 31.2 Å². The van der Waals surface area contributed by atoms with Crippen LogP contribution in [0.4, 0.5) is 0 Å². The van der Waals surface area contributed by atoms with Crippen molar-refractivity contribution in [3.8, 4) is 0 Å². The van der Waals surface area contributed by atoms with E-state index in [0.29, 0.717) is 13.0 Å². The lowest BCUT2D eigenvalue weighted by atomic mass is 10.2. The second-order valence-electron chi connectivity index (χ2n) is 5.81. The molecule has 0 saturated heterocycles. The lowest BCUT2D eigenvalue weighted by molar-refractivity contribution is 0.562. The average molecular weight is 369 g/mol. The second-order valence-corrected chi connectivity index (χ2v) is 7.57. The molecule has 2 aromatic heterocycles. The third kappa shape index (κ3) is 2.84. The van der Waals surface area contributed by atoms with Crippen molar-refractivity contribution in [3.05, 3.63) is 59.9 Å². The molecule has 0 aliphatic carbocycles. The molecule has 0 saturated carbocycles. The van der Waals surface area contributed by atoms with Gasteiger partial charge in [-0.3, -0.25) is 0 Å². The number of para-hydroxylation sites is 1. The molecule has 0 aliphatic rings. The van der Waals surface area contributed by atoms with Crippen molar-refractivity contribution < 1.29 is 8.42 Å². The normalized spacial score (nSPS) is 11.9. The fourth-order valence-corrected chi connectivity index (χ4v) is 3.84. The zero-order chi connectivity index (χ0) is 18.1. The van der Waals surface area contributed by atoms with Gasteiger partial charge in [0.1, 0.15) is 5.52 Å². The van der Waals surface area contributed by atoms with Gasteiger partial charge in [0.05, 0.1) is 17.0 Å². The number of nitrogens with zero attached hydrogens (tertiary/aromatic N) is 7. The maximum atomic E-state index is 12.8. The number of fused-ring (bicyclic) bond motifs is 1. The maximum Gasteiger partial charge on any atom is 0.286 e. The van der Waals surface area contributed by atoms with Crippen LogP contribution >= 0.6 is 0 Å². The summed E-state index contributed by atoms with van der Waals surface area (Å²) >= 11 is 0. The van der Waals surface area contributed by atoms with E-state index in [1.54, 1.807) is 28.9 Å². The first-order valence-electron chi connectivity index (χ1n) is 7.93. The fraction of sp³-hybridized carbons (Fsp3) is 0.188. The van der Waals surface area contributed by atoms with Gasteiger partial charge in [0, 0.05) is 6.42 Å². The largest absolute Gasteiger partial charge is 0.286 e. The van der Waals surface area contributed by atoms with Crippen LogP contribution in [-0.4, -0.2) is 43.0 Å². The topological polar surface area (TPSA) is 108 Å². The van der Waals surface area contributed by atoms with E-state index in [2.05, 4.69) is 25.8 Å². The Kier molecular flexibility index (Phi) is 3.96. The molecule has 26 heavy (non-hydrogen) atoms. The highest BCUT2D eigenvalue weighted by atomic mass is 32.2. The summed E-state index contributed by atoms with van der Waals surface area (Å²) in [5, 5.41) is 19.2. The smallest absolute Gasteiger partial charge is 0.244 e. The molecule has 2 aromatic carbocycles. The highest BCUT2D eigenvalue weighted by molar-refractivity contribution is 7.89. The van der Waals surface area contributed by atoms with E-state index in [9.17, 15) is 8.42 Å². The zero-order valence-electron chi connectivity index (χ0n) is 13.9. The third-order valence-electron chi connectivity index (χ3n) is 4.02. The van der Waals surface area contributed by atoms with E-state index in [4.69, 9.17) is 0 Å². The summed E-state index contributed by atoms with van der Waals surface area (Å²) in [5.41, 5.74) is 2.62. The van der Waals surface area contributed by atoms with Gasteiger partial charge >= 0.3 is 0 Å². The quantitative estimate of drug-likeness (QED) is 0.520. The van der Waals surface area contributed by atoms with E-state index in [-0.39, 0.29) is 10.7 Å². The van der Waals surface area contributed by atoms with E-state index < -0.39 is 10.0 Å². The second kappa shape index (κ2) is 6.30. The summed E-state index contributed by atoms with van der Waals surface area (Å²) in [5.74, 6) is 0.241. The minimum Gasteiger partial charge on any atom is -0.244 e. The number of aryl methyl sites for hydroxylation is 3. The molecule has 10 heteroatoms. The van der Waals surface area contributed by atoms with Crippen LogP contribution in [-0.2, 0) is 23.0 Å². The van der Waals surface area contributed by atoms with Gasteiger partial charge in [-0.25, -0.2) is 4.68 Å². The zero-order valence-corrected chi connectivity index (χ0v) is 14.7. The van der Waals surface area contributed by atoms with Gasteiger partial charge in [0.25, 0.3) is 10.0 Å². The van der Waals surface area contributed by atoms with Crippen molar-refractivity contribution in [3.63, 3.8) is 0 Å². The van der Waals surface area contributed by atoms with Crippen LogP contribution in [0.3, 0.4) is 0 Å². The lowest BCUT2D eigenvalue weighted by Gasteiger charge is -2.07. The average Bonchev–Trinajstić information content (AvgIpc) is 3.27. The predicted octanol–water partition coefficient (Wildman–Crippen LogP) is 1.21. The number of benzene rings is 2. The predicted molar refractivity (Wildman–Crippen MR) is 92.8 cm³/mol. The molecule has 0 unspecified atom stereocenters. The number of hydrogen-bond donors (Lipinski definition) is 0. The summed E-state index contributed by atoms with van der Waals surface area (Å²) < 4.78 is 28.1. The summed E-state index contributed by atoms with van der Waals surface area (Å²) in [7, 11) is -3.84. The summed E-state index contributed by atoms with van der Waals surface area (Å²) in [4.78, 5) is 0.142. The van der Waals surface area contributed by atoms with Crippen LogP contribution in [0.2, 0.25) is 0 Å². The molecule has 132 valence electrons. The minimum atomic E-state index is -3.84. The van der Waals surface area contributed by atoms with Crippen molar-refractivity contribution in [2.45, 2.75) is 24.8 Å². The molecule has 0 N–H and O–H groups in total. The Hall–Kier alpha value is -3.14. The Bertz CT molecular complexity index is 1160. The highest BCUT2D eigenvalue weighted by Gasteiger charge is 2.22. The van der Waals surface area contributed by atoms with Gasteiger partial charge in [-0.15, -0.1) is 14.3 Å². The third-order valence-corrected chi connectivity index (χ3v) is 5.62. The Balaban J connectivity index is 1.62. The Labute approximate surface area is 149 Å². The molecule has 0 fully saturated rings. The molecule has 0 aliphatic heterocycles. The van der Waals surface area contributed by atoms with E-state index in [0.717, 1.165) is 20.7 Å². The van der Waals surface area contributed by atoms with Crippen molar-refractivity contribution in [2.75, 3.05) is 0 Å². The molecule has 0 spiro atoms. The lowest BCUT2D eigenvalue weighted by Crippen LogP contribution is -2.19. The minimum absolute atomic E-state index is 0.142. The molecule has 0 radical (unpaired) electrons. The van der Waals surface area contributed by atoms with E-state index in [1.165, 1.54) is 0 Å². The summed E-state index contributed by atoms with van der Waals surface area (Å²) in [6.07, 6.45) is 0.297. The molecule has 0 amide bonds. The first-order valence-corrected chi connectivity index (χ1v) is 9.37. The number of aromatic nitrogens is 7. The van der Waals surface area contributed by atoms with Gasteiger partial charge in [0.2, 0.25) is 0 Å². The summed E-state index contributed by atoms with van der Waals surface area (Å²) in [6.45, 7) is 2.30. The van der Waals surface area contributed by atoms with Crippen LogP contribution in [0.1, 0.15) is 11.4 Å². The Morgan fingerprint density at radius 1 is 0.962 bits per heavy atom. The van der Waals surface area contributed by atoms with Crippen LogP contribution in [0, 0.1) is 6.92 Å². The van der Waals surface area contributed by atoms with Crippen LogP contribution < -0.4 is 0 Å². The molecule has 0 bridgehead atoms. The van der Waals surface area contributed by atoms with Gasteiger partial charge in [-0.05, 0) is 41.6 Å². The van der Waals surface area contributed by atoms with Crippen molar-refractivity contribution in [1.29, 1.82) is 0 Å². The number of hydrogen-bond acceptors (Lipinski definition) is 7. The van der Waals surface area contributed by atoms with Crippen molar-refractivity contribution in [2.24, 2.45) is 0 Å². The molecular weight excluding hydrogens is 354 g/mol. The molecule has 2 heterocycles. The van der Waals surface area contributed by atoms with Crippen LogP contribution in [0.25, 0.3) is 11.0 Å². The standard InChI is InChI=1S/C16H15N7O2S/c1-12-6-8-13(9-7-12)26(24,25)23-16(18-19-21-23)10-11-22-15-5-3-2-4-14(15)17-20-22/h2-9H,10-11H2,1H3. The maximum absolute atomic E-state index is 12.8. The molecular formula is C16H15N7O2S. The molecule has 9 nitrogen and oxygen atoms in total. The van der Waals surface area contributed by atoms with Gasteiger partial charge in [-0.2, -0.15) is 8.42 Å². The Morgan fingerprint density at radius 3 is 2.54 bits per heavy atom. The summed E-state index contributed by atoms with van der Waals surface area (Å²) in [6, 6.07) is 14.1. The van der Waals surface area contributed by atoms with E-state index >= 15 is 0 Å². The van der Waals surface area contributed by atoms with Gasteiger partial charge in [0.15, 0.2) is 5.82 Å². The van der Waals surface area contributed by atoms with Gasteiger partial charge < -0.3 is 0 Å². The highest BCUT2D eigenvalue weighted by Crippen LogP contribution is 2.15. The molecule has 4 aromatic rings. The van der Waals surface area contributed by atoms with Crippen LogP contribution in [0.5, 0.6) is 0 Å². The van der Waals surface area contributed by atoms with Gasteiger partial charge in [-0.1, -0.05) is 35.0 Å². The molecule has 4 rings (SSSR count). The fourth-order valence-electron chi connectivity index (χ4n) is 2.63. The first-order chi connectivity index (χ1) is 12.6. The molecule has 0 atom stereocenters. The van der Waals surface area contributed by atoms with Crippen molar-refractivity contribution in [1.82, 2.24) is 34.6 Å². The van der Waals surface area contributed by atoms with Crippen molar-refractivity contribution >= 4 is 21.1 Å². The number of tetrazole rings is 1. The first kappa shape index (κ1) is 16.3. The monoisotopic (exact) mass is 369 g/mol. The Morgan fingerprint density at radius 2 is 1.73 bits per heavy atom. The SMILES string of the molecule is Cc1ccc(S(=O)(=O)n2nnnc2CCn2nnc3ccccc32)cc1. The number of rotatable bonds is 5.